The van der Waals surface area contributed by atoms with Crippen LogP contribution in [0.25, 0.3) is 0 Å². The molecule has 0 radical (unpaired) electrons. The standard InChI is InChI=1S/C14H22O/c1-3-5-7-12-9-10-14(15)11-13(12)8-6-4-2/h5,7,11-12H,3-4,6,8-10H2,1-2H3/b7-5+. The molecule has 0 spiro atoms. The van der Waals surface area contributed by atoms with Gasteiger partial charge < -0.3 is 0 Å². The van der Waals surface area contributed by atoms with Crippen LogP contribution >= 0.6 is 0 Å². The topological polar surface area (TPSA) is 17.1 Å². The van der Waals surface area contributed by atoms with Crippen LogP contribution in [0.1, 0.15) is 52.4 Å². The van der Waals surface area contributed by atoms with Crippen molar-refractivity contribution in [1.29, 1.82) is 0 Å². The maximum atomic E-state index is 11.4. The van der Waals surface area contributed by atoms with Crippen LogP contribution in [-0.4, -0.2) is 5.78 Å². The molecular formula is C14H22O. The lowest BCUT2D eigenvalue weighted by atomic mass is 9.84. The van der Waals surface area contributed by atoms with E-state index < -0.39 is 0 Å². The Labute approximate surface area is 93.3 Å². The molecule has 0 N–H and O–H groups in total. The van der Waals surface area contributed by atoms with Crippen molar-refractivity contribution in [2.75, 3.05) is 0 Å². The van der Waals surface area contributed by atoms with E-state index in [9.17, 15) is 4.79 Å². The van der Waals surface area contributed by atoms with Gasteiger partial charge in [0.05, 0.1) is 0 Å². The largest absolute Gasteiger partial charge is 0.295 e. The van der Waals surface area contributed by atoms with Gasteiger partial charge in [-0.1, -0.05) is 38.0 Å². The second kappa shape index (κ2) is 6.60. The number of carbonyl (C=O) groups excluding carboxylic acids is 1. The van der Waals surface area contributed by atoms with Crippen molar-refractivity contribution in [3.8, 4) is 0 Å². The molecule has 15 heavy (non-hydrogen) atoms. The highest BCUT2D eigenvalue weighted by molar-refractivity contribution is 5.91. The Morgan fingerprint density at radius 2 is 2.27 bits per heavy atom. The van der Waals surface area contributed by atoms with Gasteiger partial charge in [0.1, 0.15) is 0 Å². The molecule has 1 aliphatic carbocycles. The fourth-order valence-electron chi connectivity index (χ4n) is 2.03. The van der Waals surface area contributed by atoms with Crippen molar-refractivity contribution >= 4 is 5.78 Å². The van der Waals surface area contributed by atoms with E-state index in [1.54, 1.807) is 0 Å². The first-order chi connectivity index (χ1) is 7.27. The summed E-state index contributed by atoms with van der Waals surface area (Å²) in [5.74, 6) is 0.858. The number of unbranched alkanes of at least 4 members (excludes halogenated alkanes) is 1. The molecule has 1 nitrogen and oxygen atoms in total. The quantitative estimate of drug-likeness (QED) is 0.620. The lowest BCUT2D eigenvalue weighted by molar-refractivity contribution is -0.115. The summed E-state index contributed by atoms with van der Waals surface area (Å²) >= 11 is 0. The molecule has 1 unspecified atom stereocenters. The van der Waals surface area contributed by atoms with Crippen molar-refractivity contribution in [1.82, 2.24) is 0 Å². The van der Waals surface area contributed by atoms with E-state index in [0.717, 1.165) is 25.7 Å². The first-order valence-electron chi connectivity index (χ1n) is 6.17. The Kier molecular flexibility index (Phi) is 5.38. The minimum absolute atomic E-state index is 0.322. The van der Waals surface area contributed by atoms with Crippen LogP contribution in [0.3, 0.4) is 0 Å². The van der Waals surface area contributed by atoms with E-state index in [1.165, 1.54) is 18.4 Å². The number of hydrogen-bond acceptors (Lipinski definition) is 1. The summed E-state index contributed by atoms with van der Waals surface area (Å²) in [6.07, 6.45) is 12.7. The molecular weight excluding hydrogens is 184 g/mol. The maximum Gasteiger partial charge on any atom is 0.155 e. The monoisotopic (exact) mass is 206 g/mol. The second-order valence-corrected chi connectivity index (χ2v) is 4.27. The minimum Gasteiger partial charge on any atom is -0.295 e. The lowest BCUT2D eigenvalue weighted by Crippen LogP contribution is -2.12. The molecule has 0 fully saturated rings. The van der Waals surface area contributed by atoms with Gasteiger partial charge in [-0.25, -0.2) is 0 Å². The Bertz CT molecular complexity index is 261. The zero-order chi connectivity index (χ0) is 11.1. The van der Waals surface area contributed by atoms with Gasteiger partial charge in [-0.2, -0.15) is 0 Å². The van der Waals surface area contributed by atoms with E-state index in [4.69, 9.17) is 0 Å². The van der Waals surface area contributed by atoms with Gasteiger partial charge in [-0.15, -0.1) is 0 Å². The van der Waals surface area contributed by atoms with Crippen LogP contribution in [0, 0.1) is 5.92 Å². The van der Waals surface area contributed by atoms with E-state index in [0.29, 0.717) is 11.7 Å². The highest BCUT2D eigenvalue weighted by Crippen LogP contribution is 2.28. The van der Waals surface area contributed by atoms with Gasteiger partial charge in [0.25, 0.3) is 0 Å². The molecule has 0 saturated carbocycles. The smallest absolute Gasteiger partial charge is 0.155 e. The summed E-state index contributed by atoms with van der Waals surface area (Å²) in [7, 11) is 0. The summed E-state index contributed by atoms with van der Waals surface area (Å²) < 4.78 is 0. The van der Waals surface area contributed by atoms with Gasteiger partial charge in [-0.05, 0) is 37.7 Å². The molecule has 0 amide bonds. The van der Waals surface area contributed by atoms with Crippen molar-refractivity contribution in [3.05, 3.63) is 23.8 Å². The van der Waals surface area contributed by atoms with E-state index in [2.05, 4.69) is 26.0 Å². The van der Waals surface area contributed by atoms with Crippen LogP contribution in [0.15, 0.2) is 23.8 Å². The molecule has 0 aromatic heterocycles. The molecule has 0 heterocycles. The number of allylic oxidation sites excluding steroid dienone is 4. The summed E-state index contributed by atoms with van der Waals surface area (Å²) in [6, 6.07) is 0. The number of carbonyl (C=O) groups is 1. The maximum absolute atomic E-state index is 11.4. The van der Waals surface area contributed by atoms with Crippen LogP contribution in [0.5, 0.6) is 0 Å². The zero-order valence-electron chi connectivity index (χ0n) is 9.96. The summed E-state index contributed by atoms with van der Waals surface area (Å²) in [4.78, 5) is 11.4. The Hall–Kier alpha value is -0.850. The molecule has 0 aromatic rings. The molecule has 0 bridgehead atoms. The first kappa shape index (κ1) is 12.2. The van der Waals surface area contributed by atoms with Gasteiger partial charge in [0, 0.05) is 6.42 Å². The van der Waals surface area contributed by atoms with Gasteiger partial charge in [0.2, 0.25) is 0 Å². The summed E-state index contributed by atoms with van der Waals surface area (Å²) in [5.41, 5.74) is 1.36. The van der Waals surface area contributed by atoms with Crippen LogP contribution in [0.4, 0.5) is 0 Å². The lowest BCUT2D eigenvalue weighted by Gasteiger charge is -2.20. The predicted octanol–water partition coefficient (Wildman–Crippen LogP) is 4.05. The van der Waals surface area contributed by atoms with E-state index in [1.807, 2.05) is 6.08 Å². The Morgan fingerprint density at radius 1 is 1.47 bits per heavy atom. The highest BCUT2D eigenvalue weighted by atomic mass is 16.1. The first-order valence-corrected chi connectivity index (χ1v) is 6.17. The average Bonchev–Trinajstić information content (AvgIpc) is 2.25. The highest BCUT2D eigenvalue weighted by Gasteiger charge is 2.18. The van der Waals surface area contributed by atoms with Crippen LogP contribution in [-0.2, 0) is 4.79 Å². The van der Waals surface area contributed by atoms with Crippen LogP contribution < -0.4 is 0 Å². The Balaban J connectivity index is 2.64. The molecule has 0 aliphatic heterocycles. The van der Waals surface area contributed by atoms with E-state index >= 15 is 0 Å². The molecule has 1 aliphatic rings. The SMILES string of the molecule is CC/C=C/C1CCC(=O)C=C1CCCC. The van der Waals surface area contributed by atoms with Gasteiger partial charge in [-0.3, -0.25) is 4.79 Å². The Morgan fingerprint density at radius 3 is 2.93 bits per heavy atom. The third kappa shape index (κ3) is 4.03. The summed E-state index contributed by atoms with van der Waals surface area (Å²) in [6.45, 7) is 4.35. The predicted molar refractivity (Wildman–Crippen MR) is 64.8 cm³/mol. The normalized spacial score (nSPS) is 22.1. The third-order valence-electron chi connectivity index (χ3n) is 2.95. The fraction of sp³-hybridized carbons (Fsp3) is 0.643. The summed E-state index contributed by atoms with van der Waals surface area (Å²) in [5, 5.41) is 0. The number of rotatable bonds is 5. The van der Waals surface area contributed by atoms with Crippen molar-refractivity contribution < 1.29 is 4.79 Å². The molecule has 84 valence electrons. The van der Waals surface area contributed by atoms with Crippen molar-refractivity contribution in [3.63, 3.8) is 0 Å². The molecule has 1 rings (SSSR count). The number of hydrogen-bond donors (Lipinski definition) is 0. The van der Waals surface area contributed by atoms with Gasteiger partial charge in [0.15, 0.2) is 5.78 Å². The second-order valence-electron chi connectivity index (χ2n) is 4.27. The average molecular weight is 206 g/mol. The minimum atomic E-state index is 0.322. The van der Waals surface area contributed by atoms with Crippen molar-refractivity contribution in [2.24, 2.45) is 5.92 Å². The zero-order valence-corrected chi connectivity index (χ0v) is 9.96. The van der Waals surface area contributed by atoms with Crippen LogP contribution in [0.2, 0.25) is 0 Å². The molecule has 0 saturated heterocycles. The third-order valence-corrected chi connectivity index (χ3v) is 2.95. The van der Waals surface area contributed by atoms with E-state index in [-0.39, 0.29) is 0 Å². The van der Waals surface area contributed by atoms with Gasteiger partial charge >= 0.3 is 0 Å². The molecule has 0 aromatic carbocycles. The fourth-order valence-corrected chi connectivity index (χ4v) is 2.03. The number of ketones is 1. The van der Waals surface area contributed by atoms with Crippen molar-refractivity contribution in [2.45, 2.75) is 52.4 Å². The molecule has 1 atom stereocenters. The molecule has 1 heteroatoms.